The van der Waals surface area contributed by atoms with Crippen LogP contribution in [-0.4, -0.2) is 16.6 Å². The number of aryl methyl sites for hydroxylation is 1. The highest BCUT2D eigenvalue weighted by molar-refractivity contribution is 5.77. The minimum absolute atomic E-state index is 0.0102. The van der Waals surface area contributed by atoms with Gasteiger partial charge in [-0.1, -0.05) is 77.9 Å². The normalized spacial score (nSPS) is 13.5. The summed E-state index contributed by atoms with van der Waals surface area (Å²) in [4.78, 5) is 24.3. The van der Waals surface area contributed by atoms with Gasteiger partial charge in [-0.05, 0) is 93.5 Å². The van der Waals surface area contributed by atoms with Crippen LogP contribution in [0.5, 0.6) is 5.75 Å². The van der Waals surface area contributed by atoms with Crippen LogP contribution < -0.4 is 5.32 Å². The monoisotopic (exact) mass is 525 g/mol. The van der Waals surface area contributed by atoms with Gasteiger partial charge in [0.25, 0.3) is 0 Å². The Hall–Kier alpha value is -2.37. The van der Waals surface area contributed by atoms with Crippen molar-refractivity contribution in [3.8, 4) is 5.75 Å². The SMILES string of the molecule is CC(C)(C)OOC(C)(C)c1ccc(C(C)(C)NC(=O)CCc2cc(C(C)(C)C)c(O)c(C(C)(C)C)c2)cc1. The largest absolute Gasteiger partial charge is 0.507 e. The third kappa shape index (κ3) is 8.57. The molecule has 0 bridgehead atoms. The lowest BCUT2D eigenvalue weighted by Crippen LogP contribution is -2.41. The molecule has 38 heavy (non-hydrogen) atoms. The molecule has 0 fully saturated rings. The van der Waals surface area contributed by atoms with Crippen molar-refractivity contribution in [3.05, 3.63) is 64.2 Å². The molecule has 0 saturated heterocycles. The number of hydrogen-bond acceptors (Lipinski definition) is 4. The van der Waals surface area contributed by atoms with Crippen LogP contribution in [0.3, 0.4) is 0 Å². The Morgan fingerprint density at radius 1 is 0.737 bits per heavy atom. The van der Waals surface area contributed by atoms with Crippen molar-refractivity contribution in [3.63, 3.8) is 0 Å². The Labute approximate surface area is 231 Å². The van der Waals surface area contributed by atoms with Gasteiger partial charge in [0.1, 0.15) is 11.4 Å². The molecule has 2 aromatic rings. The molecule has 2 aromatic carbocycles. The first-order valence-corrected chi connectivity index (χ1v) is 13.7. The fraction of sp³-hybridized carbons (Fsp3) is 0.606. The van der Waals surface area contributed by atoms with Gasteiger partial charge in [0, 0.05) is 6.42 Å². The van der Waals surface area contributed by atoms with Gasteiger partial charge < -0.3 is 10.4 Å². The molecule has 0 radical (unpaired) electrons. The maximum Gasteiger partial charge on any atom is 0.221 e. The molecule has 0 heterocycles. The number of hydrogen-bond donors (Lipinski definition) is 2. The fourth-order valence-corrected chi connectivity index (χ4v) is 4.29. The predicted molar refractivity (Wildman–Crippen MR) is 156 cm³/mol. The van der Waals surface area contributed by atoms with Crippen LogP contribution in [-0.2, 0) is 43.0 Å². The van der Waals surface area contributed by atoms with Crippen LogP contribution in [0.15, 0.2) is 36.4 Å². The van der Waals surface area contributed by atoms with Gasteiger partial charge in [-0.25, -0.2) is 9.78 Å². The number of nitrogens with one attached hydrogen (secondary N) is 1. The van der Waals surface area contributed by atoms with Gasteiger partial charge in [0.05, 0.1) is 11.1 Å². The number of carbonyl (C=O) groups is 1. The Balaban J connectivity index is 2.14. The van der Waals surface area contributed by atoms with E-state index in [1.165, 1.54) is 0 Å². The summed E-state index contributed by atoms with van der Waals surface area (Å²) in [5, 5.41) is 14.2. The van der Waals surface area contributed by atoms with E-state index in [-0.39, 0.29) is 16.7 Å². The molecule has 212 valence electrons. The van der Waals surface area contributed by atoms with E-state index in [1.807, 2.05) is 72.7 Å². The fourth-order valence-electron chi connectivity index (χ4n) is 4.29. The number of benzene rings is 2. The van der Waals surface area contributed by atoms with Gasteiger partial charge in [-0.15, -0.1) is 0 Å². The number of phenols is 1. The first kappa shape index (κ1) is 31.8. The molecule has 0 unspecified atom stereocenters. The van der Waals surface area contributed by atoms with E-state index in [4.69, 9.17) is 9.78 Å². The summed E-state index contributed by atoms with van der Waals surface area (Å²) >= 11 is 0. The summed E-state index contributed by atoms with van der Waals surface area (Å²) in [5.41, 5.74) is 2.96. The number of aromatic hydroxyl groups is 1. The third-order valence-electron chi connectivity index (χ3n) is 6.68. The second-order valence-electron chi connectivity index (χ2n) is 14.6. The smallest absolute Gasteiger partial charge is 0.221 e. The molecular weight excluding hydrogens is 474 g/mol. The molecule has 5 nitrogen and oxygen atoms in total. The van der Waals surface area contributed by atoms with Crippen LogP contribution in [0.1, 0.15) is 124 Å². The minimum Gasteiger partial charge on any atom is -0.507 e. The van der Waals surface area contributed by atoms with E-state index >= 15 is 0 Å². The molecule has 0 saturated carbocycles. The Morgan fingerprint density at radius 3 is 1.61 bits per heavy atom. The van der Waals surface area contributed by atoms with Crippen LogP contribution in [0.4, 0.5) is 0 Å². The Kier molecular flexibility index (Phi) is 9.23. The average molecular weight is 526 g/mol. The number of phenolic OH excluding ortho intramolecular Hbond substituents is 1. The molecule has 0 aromatic heterocycles. The predicted octanol–water partition coefficient (Wildman–Crippen LogP) is 7.95. The topological polar surface area (TPSA) is 67.8 Å². The standard InChI is InChI=1S/C33H51NO4/c1-29(2,3)25-20-22(21-26(28(25)36)30(4,5)6)14-19-27(35)34-32(10,11)23-15-17-24(18-16-23)33(12,13)38-37-31(7,8)9/h15-18,20-21,36H,14,19H2,1-13H3,(H,34,35). The molecule has 2 rings (SSSR count). The van der Waals surface area contributed by atoms with Crippen molar-refractivity contribution in [1.82, 2.24) is 5.32 Å². The van der Waals surface area contributed by atoms with Crippen LogP contribution in [0.25, 0.3) is 0 Å². The summed E-state index contributed by atoms with van der Waals surface area (Å²) in [6, 6.07) is 12.2. The van der Waals surface area contributed by atoms with Crippen LogP contribution >= 0.6 is 0 Å². The molecular formula is C33H51NO4. The van der Waals surface area contributed by atoms with Crippen molar-refractivity contribution < 1.29 is 19.7 Å². The molecule has 0 aliphatic carbocycles. The molecule has 0 atom stereocenters. The molecule has 0 aliphatic heterocycles. The zero-order valence-electron chi connectivity index (χ0n) is 26.1. The highest BCUT2D eigenvalue weighted by Gasteiger charge is 2.29. The van der Waals surface area contributed by atoms with Gasteiger partial charge >= 0.3 is 0 Å². The molecule has 0 spiro atoms. The first-order chi connectivity index (χ1) is 17.0. The second kappa shape index (κ2) is 11.0. The third-order valence-corrected chi connectivity index (χ3v) is 6.68. The highest BCUT2D eigenvalue weighted by Crippen LogP contribution is 2.40. The first-order valence-electron chi connectivity index (χ1n) is 13.7. The molecule has 1 amide bonds. The molecule has 5 heteroatoms. The summed E-state index contributed by atoms with van der Waals surface area (Å²) in [5.74, 6) is 0.352. The van der Waals surface area contributed by atoms with Gasteiger partial charge in [0.15, 0.2) is 0 Å². The average Bonchev–Trinajstić information content (AvgIpc) is 2.75. The zero-order valence-corrected chi connectivity index (χ0v) is 26.1. The van der Waals surface area contributed by atoms with Gasteiger partial charge in [-0.2, -0.15) is 0 Å². The summed E-state index contributed by atoms with van der Waals surface area (Å²) < 4.78 is 0. The van der Waals surface area contributed by atoms with Crippen molar-refractivity contribution in [2.24, 2.45) is 0 Å². The van der Waals surface area contributed by atoms with E-state index in [9.17, 15) is 9.90 Å². The highest BCUT2D eigenvalue weighted by atomic mass is 17.2. The van der Waals surface area contributed by atoms with Crippen molar-refractivity contribution in [2.45, 2.75) is 130 Å². The number of amides is 1. The number of carbonyl (C=O) groups excluding carboxylic acids is 1. The summed E-state index contributed by atoms with van der Waals surface area (Å²) in [6.07, 6.45) is 0.969. The maximum atomic E-state index is 13.0. The summed E-state index contributed by atoms with van der Waals surface area (Å²) in [6.45, 7) is 26.4. The lowest BCUT2D eigenvalue weighted by atomic mass is 9.78. The zero-order chi connectivity index (χ0) is 29.3. The van der Waals surface area contributed by atoms with Crippen LogP contribution in [0.2, 0.25) is 0 Å². The molecule has 2 N–H and O–H groups in total. The van der Waals surface area contributed by atoms with Crippen molar-refractivity contribution in [2.75, 3.05) is 0 Å². The van der Waals surface area contributed by atoms with E-state index in [0.717, 1.165) is 27.8 Å². The van der Waals surface area contributed by atoms with Crippen molar-refractivity contribution in [1.29, 1.82) is 0 Å². The van der Waals surface area contributed by atoms with Gasteiger partial charge in [-0.3, -0.25) is 4.79 Å². The Bertz CT molecular complexity index is 1070. The van der Waals surface area contributed by atoms with Crippen molar-refractivity contribution >= 4 is 5.91 Å². The molecule has 0 aliphatic rings. The lowest BCUT2D eigenvalue weighted by molar-refractivity contribution is -0.401. The van der Waals surface area contributed by atoms with E-state index in [0.29, 0.717) is 18.6 Å². The quantitative estimate of drug-likeness (QED) is 0.271. The minimum atomic E-state index is -0.610. The van der Waals surface area contributed by atoms with Crippen LogP contribution in [0, 0.1) is 0 Å². The maximum absolute atomic E-state index is 13.0. The van der Waals surface area contributed by atoms with Gasteiger partial charge in [0.2, 0.25) is 5.91 Å². The summed E-state index contributed by atoms with van der Waals surface area (Å²) in [7, 11) is 0. The second-order valence-corrected chi connectivity index (χ2v) is 14.6. The van der Waals surface area contributed by atoms with E-state index < -0.39 is 16.7 Å². The number of rotatable bonds is 8. The lowest BCUT2D eigenvalue weighted by Gasteiger charge is -2.31. The van der Waals surface area contributed by atoms with E-state index in [2.05, 4.69) is 59.0 Å². The Morgan fingerprint density at radius 2 is 1.18 bits per heavy atom. The van der Waals surface area contributed by atoms with E-state index in [1.54, 1.807) is 0 Å².